The molecule has 1 aliphatic heterocycles. The molecule has 0 spiro atoms. The molecule has 1 aromatic heterocycles. The van der Waals surface area contributed by atoms with Gasteiger partial charge in [-0.25, -0.2) is 13.4 Å². The number of sulfone groups is 1. The third-order valence-corrected chi connectivity index (χ3v) is 7.13. The van der Waals surface area contributed by atoms with E-state index >= 15 is 0 Å². The number of aryl methyl sites for hydroxylation is 2. The van der Waals surface area contributed by atoms with Gasteiger partial charge in [0.1, 0.15) is 12.4 Å². The van der Waals surface area contributed by atoms with Gasteiger partial charge in [-0.3, -0.25) is 4.79 Å². The van der Waals surface area contributed by atoms with E-state index in [1.807, 2.05) is 36.6 Å². The largest absolute Gasteiger partial charge is 0.487 e. The summed E-state index contributed by atoms with van der Waals surface area (Å²) in [7, 11) is -3.28. The number of anilines is 1. The van der Waals surface area contributed by atoms with E-state index in [9.17, 15) is 13.2 Å². The van der Waals surface area contributed by atoms with E-state index in [4.69, 9.17) is 4.74 Å². The van der Waals surface area contributed by atoms with Gasteiger partial charge in [0, 0.05) is 29.9 Å². The minimum absolute atomic E-state index is 0.137. The van der Waals surface area contributed by atoms with Crippen molar-refractivity contribution in [2.75, 3.05) is 17.7 Å². The Morgan fingerprint density at radius 3 is 2.84 bits per heavy atom. The first-order valence-corrected chi connectivity index (χ1v) is 13.0. The highest BCUT2D eigenvalue weighted by molar-refractivity contribution is 7.90. The van der Waals surface area contributed by atoms with Gasteiger partial charge in [0.2, 0.25) is 0 Å². The van der Waals surface area contributed by atoms with Crippen LogP contribution >= 0.6 is 11.3 Å². The molecule has 6 nitrogen and oxygen atoms in total. The maximum atomic E-state index is 12.9. The molecule has 4 rings (SSSR count). The first kappa shape index (κ1) is 22.2. The minimum atomic E-state index is -3.28. The Bertz CT molecular complexity index is 1280. The van der Waals surface area contributed by atoms with Gasteiger partial charge < -0.3 is 9.64 Å². The van der Waals surface area contributed by atoms with Crippen molar-refractivity contribution in [1.29, 1.82) is 0 Å². The molecular formula is C24H24N2O4S2. The van der Waals surface area contributed by atoms with Crippen molar-refractivity contribution in [1.82, 2.24) is 4.98 Å². The van der Waals surface area contributed by atoms with E-state index in [2.05, 4.69) is 4.98 Å². The zero-order chi connectivity index (χ0) is 22.7. The van der Waals surface area contributed by atoms with E-state index in [1.54, 1.807) is 46.6 Å². The summed E-state index contributed by atoms with van der Waals surface area (Å²) in [5, 5.41) is 2.98. The number of fused-ring (bicyclic) bond motifs is 1. The molecule has 0 N–H and O–H groups in total. The van der Waals surface area contributed by atoms with Crippen LogP contribution in [0.1, 0.15) is 28.2 Å². The van der Waals surface area contributed by atoms with Crippen LogP contribution < -0.4 is 9.64 Å². The SMILES string of the molecule is Cc1nc(COc2cccc(/C=C/C(=O)N3CCCc4cc(S(C)(=O)=O)ccc43)c2)cs1. The van der Waals surface area contributed by atoms with Gasteiger partial charge in [-0.2, -0.15) is 0 Å². The summed E-state index contributed by atoms with van der Waals surface area (Å²) in [6, 6.07) is 12.5. The van der Waals surface area contributed by atoms with Crippen LogP contribution in [0.15, 0.2) is 58.8 Å². The van der Waals surface area contributed by atoms with Crippen LogP contribution in [0.5, 0.6) is 5.75 Å². The predicted molar refractivity (Wildman–Crippen MR) is 127 cm³/mol. The second-order valence-electron chi connectivity index (χ2n) is 7.71. The molecule has 2 aromatic carbocycles. The number of hydrogen-bond acceptors (Lipinski definition) is 6. The predicted octanol–water partition coefficient (Wildman–Crippen LogP) is 4.43. The van der Waals surface area contributed by atoms with Crippen LogP contribution in [0.2, 0.25) is 0 Å². The molecule has 0 saturated carbocycles. The van der Waals surface area contributed by atoms with Gasteiger partial charge in [0.25, 0.3) is 5.91 Å². The van der Waals surface area contributed by atoms with E-state index in [0.717, 1.165) is 40.4 Å². The van der Waals surface area contributed by atoms with Gasteiger partial charge in [-0.05, 0) is 67.3 Å². The number of carbonyl (C=O) groups is 1. The molecule has 1 amide bonds. The molecule has 0 saturated heterocycles. The van der Waals surface area contributed by atoms with Crippen molar-refractivity contribution in [3.05, 3.63) is 75.7 Å². The second-order valence-corrected chi connectivity index (χ2v) is 10.8. The number of carbonyl (C=O) groups excluding carboxylic acids is 1. The highest BCUT2D eigenvalue weighted by Gasteiger charge is 2.22. The first-order chi connectivity index (χ1) is 15.3. The Kier molecular flexibility index (Phi) is 6.43. The zero-order valence-electron chi connectivity index (χ0n) is 17.9. The molecule has 0 bridgehead atoms. The number of benzene rings is 2. The van der Waals surface area contributed by atoms with Crippen molar-refractivity contribution in [2.45, 2.75) is 31.3 Å². The molecule has 166 valence electrons. The molecule has 1 aliphatic rings. The number of amides is 1. The maximum absolute atomic E-state index is 12.9. The summed E-state index contributed by atoms with van der Waals surface area (Å²) in [6.45, 7) is 2.96. The highest BCUT2D eigenvalue weighted by atomic mass is 32.2. The quantitative estimate of drug-likeness (QED) is 0.501. The number of ether oxygens (including phenoxy) is 1. The van der Waals surface area contributed by atoms with Crippen molar-refractivity contribution < 1.29 is 17.9 Å². The number of hydrogen-bond donors (Lipinski definition) is 0. The standard InChI is InChI=1S/C24H24N2O4S2/c1-17-25-20(16-31-17)15-30-21-7-3-5-18(13-21)8-11-24(27)26-12-4-6-19-14-22(32(2,28)29)9-10-23(19)26/h3,5,7-11,13-14,16H,4,6,12,15H2,1-2H3/b11-8+. The fraction of sp³-hybridized carbons (Fsp3) is 0.250. The summed E-state index contributed by atoms with van der Waals surface area (Å²) in [5.74, 6) is 0.573. The van der Waals surface area contributed by atoms with E-state index in [-0.39, 0.29) is 10.8 Å². The normalized spacial score (nSPS) is 13.9. The topological polar surface area (TPSA) is 76.6 Å². The molecule has 0 atom stereocenters. The Morgan fingerprint density at radius 2 is 2.09 bits per heavy atom. The van der Waals surface area contributed by atoms with Gasteiger partial charge in [0.05, 0.1) is 15.6 Å². The van der Waals surface area contributed by atoms with Crippen molar-refractivity contribution in [2.24, 2.45) is 0 Å². The van der Waals surface area contributed by atoms with E-state index in [1.165, 1.54) is 6.26 Å². The molecular weight excluding hydrogens is 444 g/mol. The lowest BCUT2D eigenvalue weighted by molar-refractivity contribution is -0.114. The number of nitrogens with zero attached hydrogens (tertiary/aromatic N) is 2. The Balaban J connectivity index is 1.46. The van der Waals surface area contributed by atoms with Crippen LogP contribution in [0.25, 0.3) is 6.08 Å². The molecule has 0 fully saturated rings. The second kappa shape index (κ2) is 9.26. The summed E-state index contributed by atoms with van der Waals surface area (Å²) in [4.78, 5) is 19.3. The lowest BCUT2D eigenvalue weighted by Crippen LogP contribution is -2.34. The van der Waals surface area contributed by atoms with Crippen LogP contribution in [-0.4, -0.2) is 32.1 Å². The molecule has 2 heterocycles. The Hall–Kier alpha value is -2.97. The van der Waals surface area contributed by atoms with Crippen molar-refractivity contribution in [3.63, 3.8) is 0 Å². The first-order valence-electron chi connectivity index (χ1n) is 10.3. The number of aromatic nitrogens is 1. The summed E-state index contributed by atoms with van der Waals surface area (Å²) in [6.07, 6.45) is 6.05. The lowest BCUT2D eigenvalue weighted by Gasteiger charge is -2.29. The zero-order valence-corrected chi connectivity index (χ0v) is 19.6. The maximum Gasteiger partial charge on any atom is 0.250 e. The average Bonchev–Trinajstić information content (AvgIpc) is 3.20. The molecule has 32 heavy (non-hydrogen) atoms. The number of thiazole rings is 1. The lowest BCUT2D eigenvalue weighted by atomic mass is 10.0. The minimum Gasteiger partial charge on any atom is -0.487 e. The Morgan fingerprint density at radius 1 is 1.25 bits per heavy atom. The van der Waals surface area contributed by atoms with Gasteiger partial charge >= 0.3 is 0 Å². The molecule has 0 radical (unpaired) electrons. The fourth-order valence-corrected chi connectivity index (χ4v) is 4.90. The third kappa shape index (κ3) is 5.26. The van der Waals surface area contributed by atoms with Crippen LogP contribution in [-0.2, 0) is 27.7 Å². The third-order valence-electron chi connectivity index (χ3n) is 5.19. The van der Waals surface area contributed by atoms with Crippen LogP contribution in [0, 0.1) is 6.92 Å². The fourth-order valence-electron chi connectivity index (χ4n) is 3.63. The average molecular weight is 469 g/mol. The smallest absolute Gasteiger partial charge is 0.250 e. The highest BCUT2D eigenvalue weighted by Crippen LogP contribution is 2.30. The molecule has 3 aromatic rings. The van der Waals surface area contributed by atoms with Crippen LogP contribution in [0.4, 0.5) is 5.69 Å². The van der Waals surface area contributed by atoms with Gasteiger partial charge in [-0.15, -0.1) is 11.3 Å². The molecule has 0 unspecified atom stereocenters. The monoisotopic (exact) mass is 468 g/mol. The molecule has 0 aliphatic carbocycles. The Labute approximate surface area is 192 Å². The molecule has 8 heteroatoms. The van der Waals surface area contributed by atoms with E-state index < -0.39 is 9.84 Å². The number of rotatable bonds is 6. The summed E-state index contributed by atoms with van der Waals surface area (Å²) < 4.78 is 29.5. The van der Waals surface area contributed by atoms with Crippen LogP contribution in [0.3, 0.4) is 0 Å². The van der Waals surface area contributed by atoms with Crippen molar-refractivity contribution in [3.8, 4) is 5.75 Å². The summed E-state index contributed by atoms with van der Waals surface area (Å²) >= 11 is 1.59. The van der Waals surface area contributed by atoms with Gasteiger partial charge in [0.15, 0.2) is 9.84 Å². The summed E-state index contributed by atoms with van der Waals surface area (Å²) in [5.41, 5.74) is 3.41. The van der Waals surface area contributed by atoms with Crippen molar-refractivity contribution >= 4 is 38.8 Å². The van der Waals surface area contributed by atoms with E-state index in [0.29, 0.717) is 18.9 Å². The van der Waals surface area contributed by atoms with Gasteiger partial charge in [-0.1, -0.05) is 12.1 Å².